The standard InChI is InChI=1S/C20H24N4O/c1-24(2)13-15-25-14-12-21-20-22-18-11-7-6-10-17(18)19(23-20)16-8-4-3-5-9-16/h3-11H,12-15H2,1-2H3,(H,21,22,23). The van der Waals surface area contributed by atoms with Crippen molar-refractivity contribution in [3.05, 3.63) is 54.6 Å². The van der Waals surface area contributed by atoms with Crippen LogP contribution in [0.5, 0.6) is 0 Å². The Balaban J connectivity index is 1.73. The number of likely N-dealkylation sites (N-methyl/N-ethyl adjacent to an activating group) is 1. The molecule has 0 radical (unpaired) electrons. The van der Waals surface area contributed by atoms with Gasteiger partial charge in [0.15, 0.2) is 0 Å². The highest BCUT2D eigenvalue weighted by molar-refractivity contribution is 5.93. The molecule has 0 saturated carbocycles. The van der Waals surface area contributed by atoms with Crippen molar-refractivity contribution in [3.63, 3.8) is 0 Å². The molecule has 130 valence electrons. The van der Waals surface area contributed by atoms with Gasteiger partial charge in [0.25, 0.3) is 0 Å². The molecule has 5 nitrogen and oxygen atoms in total. The maximum absolute atomic E-state index is 5.61. The van der Waals surface area contributed by atoms with Gasteiger partial charge < -0.3 is 15.0 Å². The minimum absolute atomic E-state index is 0.630. The monoisotopic (exact) mass is 336 g/mol. The lowest BCUT2D eigenvalue weighted by molar-refractivity contribution is 0.126. The third-order valence-electron chi connectivity index (χ3n) is 3.86. The quantitative estimate of drug-likeness (QED) is 0.640. The SMILES string of the molecule is CN(C)CCOCCNc1nc(-c2ccccc2)c2ccccc2n1. The normalized spacial score (nSPS) is 11.2. The van der Waals surface area contributed by atoms with Crippen LogP contribution in [0.3, 0.4) is 0 Å². The van der Waals surface area contributed by atoms with E-state index in [2.05, 4.69) is 33.4 Å². The Morgan fingerprint density at radius 3 is 2.48 bits per heavy atom. The van der Waals surface area contributed by atoms with Crippen LogP contribution in [0.15, 0.2) is 54.6 Å². The molecule has 5 heteroatoms. The molecule has 0 bridgehead atoms. The van der Waals surface area contributed by atoms with Crippen molar-refractivity contribution in [2.75, 3.05) is 45.7 Å². The van der Waals surface area contributed by atoms with Gasteiger partial charge in [-0.25, -0.2) is 9.97 Å². The summed E-state index contributed by atoms with van der Waals surface area (Å²) in [7, 11) is 4.07. The summed E-state index contributed by atoms with van der Waals surface area (Å²) in [6.45, 7) is 2.96. The second-order valence-electron chi connectivity index (χ2n) is 6.12. The predicted octanol–water partition coefficient (Wildman–Crippen LogP) is 3.29. The summed E-state index contributed by atoms with van der Waals surface area (Å²) in [6.07, 6.45) is 0. The van der Waals surface area contributed by atoms with E-state index in [-0.39, 0.29) is 0 Å². The van der Waals surface area contributed by atoms with Crippen molar-refractivity contribution in [2.24, 2.45) is 0 Å². The number of anilines is 1. The number of hydrogen-bond donors (Lipinski definition) is 1. The molecule has 25 heavy (non-hydrogen) atoms. The molecule has 1 aromatic heterocycles. The first-order valence-corrected chi connectivity index (χ1v) is 8.52. The number of hydrogen-bond acceptors (Lipinski definition) is 5. The fourth-order valence-corrected chi connectivity index (χ4v) is 2.56. The predicted molar refractivity (Wildman–Crippen MR) is 103 cm³/mol. The van der Waals surface area contributed by atoms with E-state index in [1.54, 1.807) is 0 Å². The van der Waals surface area contributed by atoms with Crippen LogP contribution in [0.2, 0.25) is 0 Å². The minimum Gasteiger partial charge on any atom is -0.378 e. The molecular formula is C20H24N4O. The summed E-state index contributed by atoms with van der Waals surface area (Å²) in [6, 6.07) is 18.3. The Bertz CT molecular complexity index is 805. The molecule has 0 atom stereocenters. The van der Waals surface area contributed by atoms with E-state index in [1.807, 2.05) is 50.5 Å². The molecule has 0 aliphatic heterocycles. The Labute approximate surface area is 148 Å². The number of ether oxygens (including phenoxy) is 1. The van der Waals surface area contributed by atoms with E-state index in [0.29, 0.717) is 19.1 Å². The first-order valence-electron chi connectivity index (χ1n) is 8.52. The van der Waals surface area contributed by atoms with Crippen LogP contribution < -0.4 is 5.32 Å². The van der Waals surface area contributed by atoms with E-state index in [9.17, 15) is 0 Å². The van der Waals surface area contributed by atoms with Crippen molar-refractivity contribution < 1.29 is 4.74 Å². The van der Waals surface area contributed by atoms with Crippen LogP contribution in [-0.4, -0.2) is 55.3 Å². The van der Waals surface area contributed by atoms with Crippen molar-refractivity contribution in [2.45, 2.75) is 0 Å². The Morgan fingerprint density at radius 2 is 1.68 bits per heavy atom. The first kappa shape index (κ1) is 17.3. The van der Waals surface area contributed by atoms with Crippen LogP contribution in [0.25, 0.3) is 22.2 Å². The van der Waals surface area contributed by atoms with Gasteiger partial charge >= 0.3 is 0 Å². The number of para-hydroxylation sites is 1. The fourth-order valence-electron chi connectivity index (χ4n) is 2.56. The Morgan fingerprint density at radius 1 is 0.920 bits per heavy atom. The van der Waals surface area contributed by atoms with Gasteiger partial charge in [-0.1, -0.05) is 48.5 Å². The third kappa shape index (κ3) is 4.75. The third-order valence-corrected chi connectivity index (χ3v) is 3.86. The second-order valence-corrected chi connectivity index (χ2v) is 6.12. The zero-order valence-corrected chi connectivity index (χ0v) is 14.8. The van der Waals surface area contributed by atoms with E-state index >= 15 is 0 Å². The molecule has 3 aromatic rings. The lowest BCUT2D eigenvalue weighted by Crippen LogP contribution is -2.20. The van der Waals surface area contributed by atoms with E-state index in [0.717, 1.165) is 35.3 Å². The number of benzene rings is 2. The smallest absolute Gasteiger partial charge is 0.223 e. The number of fused-ring (bicyclic) bond motifs is 1. The highest BCUT2D eigenvalue weighted by Gasteiger charge is 2.09. The number of nitrogens with zero attached hydrogens (tertiary/aromatic N) is 3. The molecule has 3 rings (SSSR count). The highest BCUT2D eigenvalue weighted by atomic mass is 16.5. The molecule has 0 amide bonds. The van der Waals surface area contributed by atoms with Crippen molar-refractivity contribution in [3.8, 4) is 11.3 Å². The molecule has 0 spiro atoms. The summed E-state index contributed by atoms with van der Waals surface area (Å²) in [4.78, 5) is 11.5. The van der Waals surface area contributed by atoms with Crippen LogP contribution in [-0.2, 0) is 4.74 Å². The zero-order valence-electron chi connectivity index (χ0n) is 14.8. The second kappa shape index (κ2) is 8.55. The lowest BCUT2D eigenvalue weighted by Gasteiger charge is -2.12. The number of aromatic nitrogens is 2. The largest absolute Gasteiger partial charge is 0.378 e. The number of nitrogens with one attached hydrogen (secondary N) is 1. The van der Waals surface area contributed by atoms with Gasteiger partial charge in [-0.2, -0.15) is 0 Å². The molecular weight excluding hydrogens is 312 g/mol. The van der Waals surface area contributed by atoms with Gasteiger partial charge in [0.1, 0.15) is 0 Å². The van der Waals surface area contributed by atoms with Crippen molar-refractivity contribution in [1.29, 1.82) is 0 Å². The summed E-state index contributed by atoms with van der Waals surface area (Å²) in [5.41, 5.74) is 2.97. The van der Waals surface area contributed by atoms with Crippen LogP contribution in [0, 0.1) is 0 Å². The van der Waals surface area contributed by atoms with Crippen molar-refractivity contribution in [1.82, 2.24) is 14.9 Å². The topological polar surface area (TPSA) is 50.3 Å². The molecule has 0 unspecified atom stereocenters. The van der Waals surface area contributed by atoms with Gasteiger partial charge in [0.05, 0.1) is 24.4 Å². The average molecular weight is 336 g/mol. The Kier molecular flexibility index (Phi) is 5.93. The van der Waals surface area contributed by atoms with Crippen LogP contribution in [0.4, 0.5) is 5.95 Å². The summed E-state index contributed by atoms with van der Waals surface area (Å²) < 4.78 is 5.61. The van der Waals surface area contributed by atoms with E-state index in [4.69, 9.17) is 9.72 Å². The van der Waals surface area contributed by atoms with Gasteiger partial charge in [0, 0.05) is 24.0 Å². The van der Waals surface area contributed by atoms with Gasteiger partial charge in [-0.15, -0.1) is 0 Å². The highest BCUT2D eigenvalue weighted by Crippen LogP contribution is 2.26. The maximum atomic E-state index is 5.61. The Hall–Kier alpha value is -2.50. The van der Waals surface area contributed by atoms with Gasteiger partial charge in [-0.05, 0) is 20.2 Å². The molecule has 0 fully saturated rings. The van der Waals surface area contributed by atoms with Crippen LogP contribution >= 0.6 is 0 Å². The maximum Gasteiger partial charge on any atom is 0.223 e. The molecule has 1 N–H and O–H groups in total. The van der Waals surface area contributed by atoms with E-state index in [1.165, 1.54) is 0 Å². The molecule has 0 saturated heterocycles. The fraction of sp³-hybridized carbons (Fsp3) is 0.300. The molecule has 0 aliphatic rings. The van der Waals surface area contributed by atoms with Crippen molar-refractivity contribution >= 4 is 16.9 Å². The first-order chi connectivity index (χ1) is 12.2. The lowest BCUT2D eigenvalue weighted by atomic mass is 10.1. The summed E-state index contributed by atoms with van der Waals surface area (Å²) in [5, 5.41) is 4.33. The summed E-state index contributed by atoms with van der Waals surface area (Å²) in [5.74, 6) is 0.633. The molecule has 0 aliphatic carbocycles. The molecule has 1 heterocycles. The number of rotatable bonds is 8. The average Bonchev–Trinajstić information content (AvgIpc) is 2.64. The minimum atomic E-state index is 0.630. The van der Waals surface area contributed by atoms with Gasteiger partial charge in [-0.3, -0.25) is 0 Å². The van der Waals surface area contributed by atoms with Gasteiger partial charge in [0.2, 0.25) is 5.95 Å². The molecule has 2 aromatic carbocycles. The summed E-state index contributed by atoms with van der Waals surface area (Å²) >= 11 is 0. The van der Waals surface area contributed by atoms with E-state index < -0.39 is 0 Å². The van der Waals surface area contributed by atoms with Crippen LogP contribution in [0.1, 0.15) is 0 Å². The zero-order chi connectivity index (χ0) is 17.5.